The van der Waals surface area contributed by atoms with Crippen LogP contribution in [0.15, 0.2) is 146 Å². The van der Waals surface area contributed by atoms with Crippen LogP contribution in [0.1, 0.15) is 155 Å². The molecular weight excluding hydrogens is 840 g/mol. The van der Waals surface area contributed by atoms with E-state index in [0.29, 0.717) is 23.9 Å². The number of nitrogens with one attached hydrogen (secondary N) is 1. The van der Waals surface area contributed by atoms with Crippen molar-refractivity contribution < 1.29 is 32.9 Å². The smallest absolute Gasteiger partial charge is 0.387 e. The first-order valence-electron chi connectivity index (χ1n) is 25.2. The van der Waals surface area contributed by atoms with Crippen LogP contribution in [0.25, 0.3) is 0 Å². The standard InChI is InChI=1S/C57H93N2O6P/c1-6-8-10-12-14-15-16-17-18-19-20-21-22-23-24-25-26-27-28-29-30-31-32-33-34-35-36-37-38-39-40-41-42-43-45-47-49-51-57(61)58-55(56(60)50-48-46-44-13-11-9-7-2)54-65-66(62,63)64-53-52-59(3,4)5/h8,10,14-15,17-18,20-21,23-24,26-27,29-30,32-33,35-36,38-39,41-42,48,50,55-56,60H,6-7,9,11-13,16,19,22,25,28,31,34,37,40,43-47,49,51-54H2,1-5H3,(H-,58,61,62,63)/p+1/b10-8-,15-14-,18-17-,21-20-,24-23-,27-26-,30-29-,33-32-,36-35-,39-38-,42-41-,50-48+. The Morgan fingerprint density at radius 3 is 1.32 bits per heavy atom. The lowest BCUT2D eigenvalue weighted by Crippen LogP contribution is -2.45. The van der Waals surface area contributed by atoms with Crippen molar-refractivity contribution in [3.05, 3.63) is 146 Å². The zero-order valence-electron chi connectivity index (χ0n) is 42.1. The number of phosphoric ester groups is 1. The van der Waals surface area contributed by atoms with Crippen LogP contribution in [0.4, 0.5) is 0 Å². The first-order valence-corrected chi connectivity index (χ1v) is 26.7. The quantitative estimate of drug-likeness (QED) is 0.0243. The molecule has 0 rings (SSSR count). The van der Waals surface area contributed by atoms with Crippen LogP contribution in [-0.4, -0.2) is 73.4 Å². The topological polar surface area (TPSA) is 105 Å². The molecule has 0 aliphatic carbocycles. The lowest BCUT2D eigenvalue weighted by Gasteiger charge is -2.25. The predicted molar refractivity (Wildman–Crippen MR) is 285 cm³/mol. The SMILES string of the molecule is CC/C=C\C/C=C\C/C=C\C/C=C\C/C=C\C/C=C\C/C=C\C/C=C\C/C=C\C/C=C\C/C=C\CCCCCC(=O)NC(COP(=O)(O)OCC[N+](C)(C)C)C(O)/C=C/CCCCCCC. The molecule has 0 aliphatic rings. The molecule has 0 aromatic carbocycles. The summed E-state index contributed by atoms with van der Waals surface area (Å²) in [5, 5.41) is 13.7. The van der Waals surface area contributed by atoms with Crippen molar-refractivity contribution in [1.29, 1.82) is 0 Å². The van der Waals surface area contributed by atoms with E-state index in [-0.39, 0.29) is 19.1 Å². The van der Waals surface area contributed by atoms with Gasteiger partial charge in [-0.25, -0.2) is 4.57 Å². The number of amides is 1. The van der Waals surface area contributed by atoms with Crippen LogP contribution in [0, 0.1) is 0 Å². The van der Waals surface area contributed by atoms with Crippen LogP contribution < -0.4 is 5.32 Å². The van der Waals surface area contributed by atoms with Crippen molar-refractivity contribution in [2.45, 2.75) is 167 Å². The van der Waals surface area contributed by atoms with Gasteiger partial charge in [-0.2, -0.15) is 0 Å². The van der Waals surface area contributed by atoms with E-state index in [1.165, 1.54) is 19.3 Å². The van der Waals surface area contributed by atoms with Crippen LogP contribution in [0.5, 0.6) is 0 Å². The van der Waals surface area contributed by atoms with E-state index in [4.69, 9.17) is 9.05 Å². The summed E-state index contributed by atoms with van der Waals surface area (Å²) >= 11 is 0. The van der Waals surface area contributed by atoms with E-state index in [1.807, 2.05) is 27.2 Å². The van der Waals surface area contributed by atoms with Gasteiger partial charge in [0.2, 0.25) is 5.91 Å². The molecule has 0 spiro atoms. The van der Waals surface area contributed by atoms with Gasteiger partial charge < -0.3 is 19.8 Å². The summed E-state index contributed by atoms with van der Waals surface area (Å²) in [5.74, 6) is -0.222. The molecule has 0 aliphatic heterocycles. The molecule has 3 N–H and O–H groups in total. The maximum Gasteiger partial charge on any atom is 0.472 e. The molecule has 3 unspecified atom stereocenters. The van der Waals surface area contributed by atoms with Crippen LogP contribution in [0.3, 0.4) is 0 Å². The molecule has 0 bridgehead atoms. The van der Waals surface area contributed by atoms with Crippen molar-refractivity contribution >= 4 is 13.7 Å². The zero-order chi connectivity index (χ0) is 48.5. The number of carbonyl (C=O) groups excluding carboxylic acids is 1. The van der Waals surface area contributed by atoms with Gasteiger partial charge in [0.15, 0.2) is 0 Å². The number of aliphatic hydroxyl groups is 1. The van der Waals surface area contributed by atoms with Crippen LogP contribution in [-0.2, 0) is 18.4 Å². The van der Waals surface area contributed by atoms with Crippen molar-refractivity contribution in [2.24, 2.45) is 0 Å². The molecular formula is C57H94N2O6P+. The number of aliphatic hydroxyl groups excluding tert-OH is 1. The Hall–Kier alpha value is -3.62. The average molecular weight is 934 g/mol. The zero-order valence-corrected chi connectivity index (χ0v) is 43.0. The highest BCUT2D eigenvalue weighted by molar-refractivity contribution is 7.47. The number of hydrogen-bond acceptors (Lipinski definition) is 5. The number of quaternary nitrogens is 1. The number of rotatable bonds is 43. The Morgan fingerprint density at radius 1 is 0.530 bits per heavy atom. The van der Waals surface area contributed by atoms with Gasteiger partial charge in [-0.05, 0) is 103 Å². The minimum atomic E-state index is -4.35. The summed E-state index contributed by atoms with van der Waals surface area (Å²) in [7, 11) is 1.52. The van der Waals surface area contributed by atoms with E-state index >= 15 is 0 Å². The number of likely N-dealkylation sites (N-methyl/N-ethyl adjacent to an activating group) is 1. The maximum absolute atomic E-state index is 12.8. The number of phosphoric acid groups is 1. The third-order valence-electron chi connectivity index (χ3n) is 10.1. The third-order valence-corrected chi connectivity index (χ3v) is 11.0. The molecule has 9 heteroatoms. The van der Waals surface area contributed by atoms with Gasteiger partial charge in [0.05, 0.1) is 39.9 Å². The Morgan fingerprint density at radius 2 is 0.909 bits per heavy atom. The molecule has 8 nitrogen and oxygen atoms in total. The van der Waals surface area contributed by atoms with Gasteiger partial charge in [-0.1, -0.05) is 192 Å². The van der Waals surface area contributed by atoms with Crippen molar-refractivity contribution in [3.8, 4) is 0 Å². The summed E-state index contributed by atoms with van der Waals surface area (Å²) in [4.78, 5) is 23.0. The minimum absolute atomic E-state index is 0.0457. The van der Waals surface area contributed by atoms with Crippen LogP contribution >= 0.6 is 7.82 Å². The van der Waals surface area contributed by atoms with Gasteiger partial charge in [-0.3, -0.25) is 13.8 Å². The molecule has 0 fully saturated rings. The molecule has 0 saturated carbocycles. The molecule has 66 heavy (non-hydrogen) atoms. The molecule has 0 saturated heterocycles. The fourth-order valence-corrected chi connectivity index (χ4v) is 6.84. The van der Waals surface area contributed by atoms with Crippen molar-refractivity contribution in [3.63, 3.8) is 0 Å². The fraction of sp³-hybridized carbons (Fsp3) is 0.561. The van der Waals surface area contributed by atoms with Gasteiger partial charge in [0.1, 0.15) is 13.2 Å². The number of unbranched alkanes of at least 4 members (excludes halogenated alkanes) is 8. The molecule has 0 aromatic rings. The fourth-order valence-electron chi connectivity index (χ4n) is 6.10. The molecule has 3 atom stereocenters. The summed E-state index contributed by atoms with van der Waals surface area (Å²) < 4.78 is 23.4. The molecule has 1 amide bonds. The summed E-state index contributed by atoms with van der Waals surface area (Å²) in [5.41, 5.74) is 0. The lowest BCUT2D eigenvalue weighted by atomic mass is 10.1. The van der Waals surface area contributed by atoms with E-state index in [0.717, 1.165) is 109 Å². The molecule has 0 radical (unpaired) electrons. The summed E-state index contributed by atoms with van der Waals surface area (Å²) in [6.07, 6.45) is 72.5. The summed E-state index contributed by atoms with van der Waals surface area (Å²) in [6, 6.07) is -0.872. The second kappa shape index (κ2) is 46.5. The van der Waals surface area contributed by atoms with Gasteiger partial charge in [0, 0.05) is 6.42 Å². The Bertz CT molecular complexity index is 1570. The van der Waals surface area contributed by atoms with Crippen molar-refractivity contribution in [2.75, 3.05) is 40.9 Å². The second-order valence-electron chi connectivity index (χ2n) is 17.5. The number of carbonyl (C=O) groups is 1. The van der Waals surface area contributed by atoms with E-state index in [1.54, 1.807) is 6.08 Å². The van der Waals surface area contributed by atoms with E-state index < -0.39 is 20.0 Å². The van der Waals surface area contributed by atoms with Gasteiger partial charge >= 0.3 is 7.82 Å². The monoisotopic (exact) mass is 934 g/mol. The first-order chi connectivity index (χ1) is 32.0. The van der Waals surface area contributed by atoms with E-state index in [9.17, 15) is 19.4 Å². The number of hydrogen-bond donors (Lipinski definition) is 3. The highest BCUT2D eigenvalue weighted by Gasteiger charge is 2.27. The number of allylic oxidation sites excluding steroid dienone is 23. The molecule has 0 aromatic heterocycles. The number of nitrogens with zero attached hydrogens (tertiary/aromatic N) is 1. The predicted octanol–water partition coefficient (Wildman–Crippen LogP) is 15.0. The third kappa shape index (κ3) is 48.3. The second-order valence-corrected chi connectivity index (χ2v) is 18.9. The highest BCUT2D eigenvalue weighted by atomic mass is 31.2. The van der Waals surface area contributed by atoms with E-state index in [2.05, 4.69) is 153 Å². The normalized spacial score (nSPS) is 15.3. The average Bonchev–Trinajstić information content (AvgIpc) is 3.28. The minimum Gasteiger partial charge on any atom is -0.387 e. The molecule has 372 valence electrons. The Kier molecular flexibility index (Phi) is 43.9. The summed E-state index contributed by atoms with van der Waals surface area (Å²) in [6.45, 7) is 4.57. The Balaban J connectivity index is 4.16. The molecule has 0 heterocycles. The largest absolute Gasteiger partial charge is 0.472 e. The maximum atomic E-state index is 12.8. The van der Waals surface area contributed by atoms with Crippen molar-refractivity contribution in [1.82, 2.24) is 5.32 Å². The van der Waals surface area contributed by atoms with Gasteiger partial charge in [0.25, 0.3) is 0 Å². The Labute approximate surface area is 404 Å². The lowest BCUT2D eigenvalue weighted by molar-refractivity contribution is -0.870. The highest BCUT2D eigenvalue weighted by Crippen LogP contribution is 2.43. The van der Waals surface area contributed by atoms with Crippen LogP contribution in [0.2, 0.25) is 0 Å². The van der Waals surface area contributed by atoms with Gasteiger partial charge in [-0.15, -0.1) is 0 Å². The first kappa shape index (κ1) is 62.4.